The van der Waals surface area contributed by atoms with Gasteiger partial charge < -0.3 is 0 Å². The van der Waals surface area contributed by atoms with Crippen molar-refractivity contribution < 1.29 is 21.7 Å². The molecule has 0 aromatic heterocycles. The molecule has 4 heteroatoms. The van der Waals surface area contributed by atoms with Crippen molar-refractivity contribution >= 4 is 0 Å². The van der Waals surface area contributed by atoms with Gasteiger partial charge in [-0.25, -0.2) is 0 Å². The first-order chi connectivity index (χ1) is 1.73. The van der Waals surface area contributed by atoms with E-state index in [1.165, 1.54) is 0 Å². The first-order valence-corrected chi connectivity index (χ1v) is 0.589. The van der Waals surface area contributed by atoms with Gasteiger partial charge >= 0.3 is 7.05 Å². The minimum atomic E-state index is -1.25. The summed E-state index contributed by atoms with van der Waals surface area (Å²) in [6.45, 7) is 0. The Morgan fingerprint density at radius 2 is 1.80 bits per heavy atom. The second-order valence-electron chi connectivity index (χ2n) is 0.257. The van der Waals surface area contributed by atoms with Crippen molar-refractivity contribution in [2.75, 3.05) is 0 Å². The van der Waals surface area contributed by atoms with Gasteiger partial charge in [0.25, 0.3) is 0 Å². The molecule has 0 aliphatic rings. The van der Waals surface area contributed by atoms with Crippen LogP contribution in [0, 0.1) is 17.2 Å². The summed E-state index contributed by atoms with van der Waals surface area (Å²) in [6.07, 6.45) is 0. The molecule has 0 aliphatic carbocycles. The van der Waals surface area contributed by atoms with Crippen molar-refractivity contribution in [1.29, 1.82) is 0 Å². The van der Waals surface area contributed by atoms with E-state index >= 15 is 0 Å². The maximum atomic E-state index is 8.47. The van der Waals surface area contributed by atoms with Crippen LogP contribution in [0.2, 0.25) is 0 Å². The molecule has 0 saturated heterocycles. The Balaban J connectivity index is 0. The maximum Gasteiger partial charge on any atom is 0.474 e. The van der Waals surface area contributed by atoms with Gasteiger partial charge in [0.2, 0.25) is 0 Å². The van der Waals surface area contributed by atoms with E-state index in [4.69, 9.17) is 17.2 Å². The van der Waals surface area contributed by atoms with Crippen LogP contribution in [0.15, 0.2) is 0 Å². The van der Waals surface area contributed by atoms with Gasteiger partial charge in [0.15, 0.2) is 0 Å². The van der Waals surface area contributed by atoms with Gasteiger partial charge in [-0.15, -0.1) is 0 Å². The molecule has 0 fully saturated rings. The number of rotatable bonds is 0. The second kappa shape index (κ2) is 3.91. The van der Waals surface area contributed by atoms with E-state index in [0.717, 1.165) is 0 Å². The van der Waals surface area contributed by atoms with Crippen LogP contribution >= 0.6 is 0 Å². The van der Waals surface area contributed by atoms with E-state index in [0.29, 0.717) is 0 Å². The Kier molecular flexibility index (Phi) is 6.93. The van der Waals surface area contributed by atoms with Crippen LogP contribution in [-0.4, -0.2) is 4.92 Å². The number of nitro groups is 1. The third-order valence-corrected chi connectivity index (χ3v) is 0. The van der Waals surface area contributed by atoms with Crippen molar-refractivity contribution in [3.63, 3.8) is 0 Å². The Morgan fingerprint density at radius 3 is 1.80 bits per heavy atom. The summed E-state index contributed by atoms with van der Waals surface area (Å²) in [7, 11) is 5.31. The summed E-state index contributed by atoms with van der Waals surface area (Å²) in [5.41, 5.74) is 0. The van der Waals surface area contributed by atoms with Gasteiger partial charge in [-0.3, -0.25) is 10.1 Å². The zero-order chi connectivity index (χ0) is 3.58. The van der Waals surface area contributed by atoms with Gasteiger partial charge in [-0.1, -0.05) is 0 Å². The smallest absolute Gasteiger partial charge is 0.263 e. The Labute approximate surface area is 39.7 Å². The Hall–Kier alpha value is -0.0935. The predicted octanol–water partition coefficient (Wildman–Crippen LogP) is -0.194. The van der Waals surface area contributed by atoms with E-state index in [1.54, 1.807) is 0 Å². The van der Waals surface area contributed by atoms with Gasteiger partial charge in [0.1, 0.15) is 0 Å². The minimum absolute atomic E-state index is 0. The number of hydrogen-bond acceptors (Lipinski definition) is 2. The normalized spacial score (nSPS) is 5.00. The van der Waals surface area contributed by atoms with Gasteiger partial charge in [-0.2, -0.15) is 0 Å². The van der Waals surface area contributed by atoms with E-state index in [2.05, 4.69) is 0 Å². The van der Waals surface area contributed by atoms with Crippen LogP contribution in [0.1, 0.15) is 0 Å². The summed E-state index contributed by atoms with van der Waals surface area (Å²) in [5.74, 6) is 0. The summed E-state index contributed by atoms with van der Waals surface area (Å²) in [4.78, 5) is 7.22. The molecule has 4 radical (unpaired) electrons. The molecular formula is CCoNO2. The quantitative estimate of drug-likeness (QED) is 0.326. The number of hydrogen-bond donors (Lipinski definition) is 0. The minimum Gasteiger partial charge on any atom is -0.263 e. The molecule has 0 spiro atoms. The SMILES string of the molecule is [C][N+](=O)[O-].[Co]. The molecule has 5 heavy (non-hydrogen) atoms. The second-order valence-corrected chi connectivity index (χ2v) is 0.257. The molecule has 0 heterocycles. The standard InChI is InChI=1S/CNO2.Co/c1-2(3)4;. The van der Waals surface area contributed by atoms with Crippen molar-refractivity contribution in [3.05, 3.63) is 17.2 Å². The monoisotopic (exact) mass is 117 g/mol. The Bertz CT molecular complexity index is 32.6. The van der Waals surface area contributed by atoms with Crippen LogP contribution in [0.25, 0.3) is 0 Å². The van der Waals surface area contributed by atoms with E-state index < -0.39 is 4.92 Å². The fourth-order valence-corrected chi connectivity index (χ4v) is 0. The number of nitrogens with zero attached hydrogens (tertiary/aromatic N) is 1. The summed E-state index contributed by atoms with van der Waals surface area (Å²) in [5, 5.41) is 8.47. The van der Waals surface area contributed by atoms with Crippen molar-refractivity contribution in [1.82, 2.24) is 0 Å². The molecular weight excluding hydrogens is 117 g/mol. The fraction of sp³-hybridized carbons (Fsp3) is 0. The average molecular weight is 117 g/mol. The molecule has 3 nitrogen and oxygen atoms in total. The zero-order valence-electron chi connectivity index (χ0n) is 2.10. The van der Waals surface area contributed by atoms with Crippen LogP contribution in [0.4, 0.5) is 0 Å². The van der Waals surface area contributed by atoms with E-state index in [-0.39, 0.29) is 16.8 Å². The molecule has 0 atom stereocenters. The molecule has 0 saturated carbocycles. The van der Waals surface area contributed by atoms with Crippen molar-refractivity contribution in [3.8, 4) is 0 Å². The molecule has 0 aromatic rings. The fourth-order valence-electron chi connectivity index (χ4n) is 0. The first kappa shape index (κ1) is 8.86. The van der Waals surface area contributed by atoms with E-state index in [1.807, 2.05) is 0 Å². The maximum absolute atomic E-state index is 8.47. The molecule has 0 rings (SSSR count). The third kappa shape index (κ3) is 1620. The summed E-state index contributed by atoms with van der Waals surface area (Å²) >= 11 is 0. The van der Waals surface area contributed by atoms with Crippen molar-refractivity contribution in [2.24, 2.45) is 0 Å². The largest absolute Gasteiger partial charge is 0.474 e. The topological polar surface area (TPSA) is 43.1 Å². The van der Waals surface area contributed by atoms with Crippen molar-refractivity contribution in [2.45, 2.75) is 0 Å². The van der Waals surface area contributed by atoms with Crippen LogP contribution in [0.3, 0.4) is 0 Å². The molecule has 0 amide bonds. The first-order valence-electron chi connectivity index (χ1n) is 0.589. The predicted molar refractivity (Wildman–Crippen MR) is 10.2 cm³/mol. The zero-order valence-corrected chi connectivity index (χ0v) is 3.14. The van der Waals surface area contributed by atoms with Crippen LogP contribution in [0.5, 0.6) is 0 Å². The van der Waals surface area contributed by atoms with Gasteiger partial charge in [0, 0.05) is 16.8 Å². The molecule has 0 bridgehead atoms. The van der Waals surface area contributed by atoms with Crippen LogP contribution < -0.4 is 0 Å². The Morgan fingerprint density at radius 1 is 1.80 bits per heavy atom. The van der Waals surface area contributed by atoms with Gasteiger partial charge in [-0.05, 0) is 0 Å². The molecule has 0 aromatic carbocycles. The third-order valence-electron chi connectivity index (χ3n) is 0. The van der Waals surface area contributed by atoms with E-state index in [9.17, 15) is 0 Å². The molecule has 0 aliphatic heterocycles. The molecule has 30 valence electrons. The molecule has 0 N–H and O–H groups in total. The average Bonchev–Trinajstić information content (AvgIpc) is 0.811. The molecule has 0 unspecified atom stereocenters. The summed E-state index contributed by atoms with van der Waals surface area (Å²) in [6, 6.07) is 0. The summed E-state index contributed by atoms with van der Waals surface area (Å²) < 4.78 is 0. The van der Waals surface area contributed by atoms with Gasteiger partial charge in [0.05, 0.1) is 4.92 Å². The van der Waals surface area contributed by atoms with Crippen LogP contribution in [-0.2, 0) is 16.8 Å².